The average Bonchev–Trinajstić information content (AvgIpc) is 3.66. The molecule has 0 saturated heterocycles. The van der Waals surface area contributed by atoms with Crippen molar-refractivity contribution in [1.82, 2.24) is 0 Å². The monoisotopic (exact) mass is 756 g/mol. The smallest absolute Gasteiger partial charge is 0.266 e. The van der Waals surface area contributed by atoms with Crippen LogP contribution in [0.5, 0.6) is 0 Å². The lowest BCUT2D eigenvalue weighted by Crippen LogP contribution is -2.29. The van der Waals surface area contributed by atoms with Crippen LogP contribution in [0, 0.1) is 13.8 Å². The number of aryl methyl sites for hydroxylation is 4. The van der Waals surface area contributed by atoms with Crippen molar-refractivity contribution >= 4 is 35.0 Å². The SMILES string of the molecule is CCc1cc(-c2ccc(N3C(=O)c4ccc(-c5ccc(C)cc5)cc4C3=O)cc2)ccc1-c1ccc(N2C(=O)c3ccc(-c4ccc(C)cc4)cc3C2=O)cc1CC. The van der Waals surface area contributed by atoms with Crippen LogP contribution in [0.25, 0.3) is 44.5 Å². The molecule has 282 valence electrons. The van der Waals surface area contributed by atoms with E-state index in [-0.39, 0.29) is 23.6 Å². The number of anilines is 2. The molecular weight excluding hydrogens is 717 g/mol. The zero-order chi connectivity index (χ0) is 40.2. The van der Waals surface area contributed by atoms with Gasteiger partial charge in [-0.2, -0.15) is 0 Å². The van der Waals surface area contributed by atoms with Gasteiger partial charge < -0.3 is 0 Å². The highest BCUT2D eigenvalue weighted by atomic mass is 16.2. The van der Waals surface area contributed by atoms with Crippen LogP contribution in [-0.2, 0) is 12.8 Å². The second-order valence-electron chi connectivity index (χ2n) is 15.1. The number of nitrogens with zero attached hydrogens (tertiary/aromatic N) is 2. The van der Waals surface area contributed by atoms with Gasteiger partial charge in [0.2, 0.25) is 0 Å². The molecule has 6 heteroatoms. The van der Waals surface area contributed by atoms with E-state index < -0.39 is 0 Å². The Morgan fingerprint density at radius 2 is 0.655 bits per heavy atom. The van der Waals surface area contributed by atoms with Crippen LogP contribution in [0.3, 0.4) is 0 Å². The van der Waals surface area contributed by atoms with Crippen LogP contribution in [0.15, 0.2) is 146 Å². The highest BCUT2D eigenvalue weighted by Gasteiger charge is 2.38. The van der Waals surface area contributed by atoms with Gasteiger partial charge in [-0.3, -0.25) is 19.2 Å². The second-order valence-corrected chi connectivity index (χ2v) is 15.1. The molecule has 7 aromatic carbocycles. The minimum absolute atomic E-state index is 0.315. The van der Waals surface area contributed by atoms with Crippen molar-refractivity contribution in [1.29, 1.82) is 0 Å². The summed E-state index contributed by atoms with van der Waals surface area (Å²) in [6.07, 6.45) is 1.49. The number of hydrogen-bond donors (Lipinski definition) is 0. The summed E-state index contributed by atoms with van der Waals surface area (Å²) in [5.74, 6) is -1.28. The van der Waals surface area contributed by atoms with E-state index in [4.69, 9.17) is 0 Å². The summed E-state index contributed by atoms with van der Waals surface area (Å²) in [7, 11) is 0. The molecule has 0 radical (unpaired) electrons. The first-order chi connectivity index (χ1) is 28.1. The molecule has 2 heterocycles. The van der Waals surface area contributed by atoms with Crippen molar-refractivity contribution in [2.45, 2.75) is 40.5 Å². The molecule has 9 rings (SSSR count). The first-order valence-corrected chi connectivity index (χ1v) is 19.7. The zero-order valence-electron chi connectivity index (χ0n) is 32.8. The van der Waals surface area contributed by atoms with Gasteiger partial charge in [-0.15, -0.1) is 0 Å². The van der Waals surface area contributed by atoms with Gasteiger partial charge in [-0.05, 0) is 131 Å². The third-order valence-electron chi connectivity index (χ3n) is 11.5. The van der Waals surface area contributed by atoms with E-state index in [0.29, 0.717) is 40.0 Å². The Balaban J connectivity index is 0.957. The largest absolute Gasteiger partial charge is 0.268 e. The molecular formula is C52H40N2O4. The molecule has 0 aliphatic carbocycles. The lowest BCUT2D eigenvalue weighted by molar-refractivity contribution is 0.0910. The third kappa shape index (κ3) is 6.14. The summed E-state index contributed by atoms with van der Waals surface area (Å²) in [5, 5.41) is 0. The van der Waals surface area contributed by atoms with Crippen molar-refractivity contribution in [3.8, 4) is 44.5 Å². The van der Waals surface area contributed by atoms with E-state index >= 15 is 0 Å². The number of fused-ring (bicyclic) bond motifs is 2. The molecule has 0 fully saturated rings. The second kappa shape index (κ2) is 14.4. The quantitative estimate of drug-likeness (QED) is 0.145. The van der Waals surface area contributed by atoms with Gasteiger partial charge >= 0.3 is 0 Å². The fraction of sp³-hybridized carbons (Fsp3) is 0.115. The van der Waals surface area contributed by atoms with E-state index in [0.717, 1.165) is 73.2 Å². The molecule has 0 spiro atoms. The number of imide groups is 2. The lowest BCUT2D eigenvalue weighted by Gasteiger charge is -2.19. The van der Waals surface area contributed by atoms with Gasteiger partial charge in [0, 0.05) is 0 Å². The number of benzene rings is 7. The lowest BCUT2D eigenvalue weighted by atomic mass is 9.90. The Labute approximate surface area is 338 Å². The molecule has 7 aromatic rings. The summed E-state index contributed by atoms with van der Waals surface area (Å²) in [4.78, 5) is 57.1. The van der Waals surface area contributed by atoms with Gasteiger partial charge in [-0.1, -0.05) is 122 Å². The van der Waals surface area contributed by atoms with Crippen LogP contribution in [0.4, 0.5) is 11.4 Å². The Bertz CT molecular complexity index is 2840. The summed E-state index contributed by atoms with van der Waals surface area (Å²) < 4.78 is 0. The summed E-state index contributed by atoms with van der Waals surface area (Å²) in [6.45, 7) is 8.27. The molecule has 0 atom stereocenters. The highest BCUT2D eigenvalue weighted by molar-refractivity contribution is 6.35. The maximum atomic E-state index is 13.8. The zero-order valence-corrected chi connectivity index (χ0v) is 32.8. The molecule has 2 aliphatic rings. The van der Waals surface area contributed by atoms with Crippen LogP contribution >= 0.6 is 0 Å². The molecule has 0 N–H and O–H groups in total. The minimum atomic E-state index is -0.327. The fourth-order valence-corrected chi connectivity index (χ4v) is 8.21. The maximum absolute atomic E-state index is 13.8. The van der Waals surface area contributed by atoms with Crippen molar-refractivity contribution in [2.24, 2.45) is 0 Å². The van der Waals surface area contributed by atoms with Crippen molar-refractivity contribution in [3.05, 3.63) is 190 Å². The predicted octanol–water partition coefficient (Wildman–Crippen LogP) is 11.7. The topological polar surface area (TPSA) is 74.8 Å². The standard InChI is InChI=1S/C52H40N2O4/c1-5-33-27-38(37-15-20-41(21-16-37)53-49(55)45-24-18-39(29-47(45)51(53)57)35-11-7-31(3)8-12-35)17-23-43(33)44-26-22-42(28-34(44)6-2)54-50(56)46-25-19-40(30-48(46)52(54)58)36-13-9-32(4)10-14-36/h7-30H,5-6H2,1-4H3. The number of rotatable bonds is 8. The van der Waals surface area contributed by atoms with Crippen LogP contribution in [-0.4, -0.2) is 23.6 Å². The van der Waals surface area contributed by atoms with Crippen LogP contribution < -0.4 is 9.80 Å². The van der Waals surface area contributed by atoms with Crippen LogP contribution in [0.2, 0.25) is 0 Å². The van der Waals surface area contributed by atoms with E-state index in [1.165, 1.54) is 9.80 Å². The average molecular weight is 757 g/mol. The summed E-state index contributed by atoms with van der Waals surface area (Å²) >= 11 is 0. The Kier molecular flexibility index (Phi) is 9.05. The van der Waals surface area contributed by atoms with Crippen molar-refractivity contribution in [3.63, 3.8) is 0 Å². The van der Waals surface area contributed by atoms with Crippen molar-refractivity contribution < 1.29 is 19.2 Å². The summed E-state index contributed by atoms with van der Waals surface area (Å²) in [5.41, 5.74) is 15.1. The van der Waals surface area contributed by atoms with Gasteiger partial charge in [0.25, 0.3) is 23.6 Å². The number of carbonyl (C=O) groups excluding carboxylic acids is 4. The maximum Gasteiger partial charge on any atom is 0.266 e. The van der Waals surface area contributed by atoms with E-state index in [1.807, 2.05) is 129 Å². The highest BCUT2D eigenvalue weighted by Crippen LogP contribution is 2.38. The third-order valence-corrected chi connectivity index (χ3v) is 11.5. The number of hydrogen-bond acceptors (Lipinski definition) is 4. The molecule has 0 aromatic heterocycles. The first kappa shape index (κ1) is 36.5. The Hall–Kier alpha value is -7.18. The predicted molar refractivity (Wildman–Crippen MR) is 232 cm³/mol. The molecule has 2 aliphatic heterocycles. The Morgan fingerprint density at radius 3 is 1.12 bits per heavy atom. The molecule has 4 amide bonds. The van der Waals surface area contributed by atoms with E-state index in [2.05, 4.69) is 32.0 Å². The molecule has 0 bridgehead atoms. The fourth-order valence-electron chi connectivity index (χ4n) is 8.21. The van der Waals surface area contributed by atoms with Crippen molar-refractivity contribution in [2.75, 3.05) is 9.80 Å². The van der Waals surface area contributed by atoms with Gasteiger partial charge in [0.05, 0.1) is 33.6 Å². The number of amides is 4. The van der Waals surface area contributed by atoms with Gasteiger partial charge in [0.1, 0.15) is 0 Å². The summed E-state index contributed by atoms with van der Waals surface area (Å²) in [6, 6.07) is 47.0. The first-order valence-electron chi connectivity index (χ1n) is 19.7. The van der Waals surface area contributed by atoms with E-state index in [1.54, 1.807) is 12.1 Å². The van der Waals surface area contributed by atoms with Gasteiger partial charge in [0.15, 0.2) is 0 Å². The normalized spacial score (nSPS) is 13.4. The van der Waals surface area contributed by atoms with E-state index in [9.17, 15) is 19.2 Å². The molecule has 58 heavy (non-hydrogen) atoms. The van der Waals surface area contributed by atoms with Gasteiger partial charge in [-0.25, -0.2) is 9.80 Å². The minimum Gasteiger partial charge on any atom is -0.268 e. The molecule has 6 nitrogen and oxygen atoms in total. The number of carbonyl (C=O) groups is 4. The van der Waals surface area contributed by atoms with Crippen LogP contribution in [0.1, 0.15) is 77.5 Å². The molecule has 0 unspecified atom stereocenters. The molecule has 0 saturated carbocycles. The Morgan fingerprint density at radius 1 is 0.328 bits per heavy atom.